The molecule has 106 valence electrons. The molecule has 0 radical (unpaired) electrons. The largest absolute Gasteiger partial charge is 0.493 e. The third-order valence-corrected chi connectivity index (χ3v) is 4.79. The Balaban J connectivity index is 1.78. The van der Waals surface area contributed by atoms with Crippen LogP contribution in [0.25, 0.3) is 0 Å². The van der Waals surface area contributed by atoms with Gasteiger partial charge in [0.15, 0.2) is 4.34 Å². The highest BCUT2D eigenvalue weighted by molar-refractivity contribution is 8.01. The minimum atomic E-state index is -0.319. The second-order valence-corrected chi connectivity index (χ2v) is 6.57. The molecule has 2 rings (SSSR count). The molecule has 0 saturated heterocycles. The minimum absolute atomic E-state index is 0.268. The van der Waals surface area contributed by atoms with Crippen molar-refractivity contribution in [3.8, 4) is 5.75 Å². The lowest BCUT2D eigenvalue weighted by atomic mass is 10.3. The van der Waals surface area contributed by atoms with Gasteiger partial charge in [-0.05, 0) is 19.1 Å². The second kappa shape index (κ2) is 7.31. The van der Waals surface area contributed by atoms with Crippen molar-refractivity contribution in [1.82, 2.24) is 4.98 Å². The first kappa shape index (κ1) is 14.9. The van der Waals surface area contributed by atoms with E-state index in [1.807, 2.05) is 37.3 Å². The van der Waals surface area contributed by atoms with Gasteiger partial charge >= 0.3 is 0 Å². The van der Waals surface area contributed by atoms with Crippen molar-refractivity contribution in [2.45, 2.75) is 17.7 Å². The number of ether oxygens (including phenoxy) is 1. The number of hydrogen-bond acceptors (Lipinski definition) is 5. The number of aromatic nitrogens is 1. The third kappa shape index (κ3) is 4.54. The van der Waals surface area contributed by atoms with Crippen LogP contribution in [0, 0.1) is 6.92 Å². The molecular formula is C14H16N2O2S2. The van der Waals surface area contributed by atoms with E-state index < -0.39 is 0 Å². The Hall–Kier alpha value is -1.53. The fourth-order valence-corrected chi connectivity index (χ4v) is 3.72. The van der Waals surface area contributed by atoms with E-state index in [0.717, 1.165) is 26.4 Å². The summed E-state index contributed by atoms with van der Waals surface area (Å²) in [6.07, 6.45) is 0.268. The molecule has 1 aromatic carbocycles. The smallest absolute Gasteiger partial charge is 0.222 e. The molecule has 0 unspecified atom stereocenters. The van der Waals surface area contributed by atoms with Crippen LogP contribution in [0.3, 0.4) is 0 Å². The van der Waals surface area contributed by atoms with Gasteiger partial charge in [0.2, 0.25) is 5.91 Å². The standard InChI is InChI=1S/C14H16N2O2S2/c1-10-12(9-13(15)17)20-14(16-10)19-8-7-18-11-5-3-2-4-6-11/h2-6H,7-9H2,1H3,(H2,15,17). The van der Waals surface area contributed by atoms with Crippen molar-refractivity contribution in [3.63, 3.8) is 0 Å². The van der Waals surface area contributed by atoms with Gasteiger partial charge in [-0.25, -0.2) is 4.98 Å². The summed E-state index contributed by atoms with van der Waals surface area (Å²) in [6, 6.07) is 9.72. The van der Waals surface area contributed by atoms with Crippen LogP contribution < -0.4 is 10.5 Å². The molecule has 1 heterocycles. The molecule has 0 spiro atoms. The number of nitrogens with two attached hydrogens (primary N) is 1. The molecule has 0 aliphatic carbocycles. The summed E-state index contributed by atoms with van der Waals surface area (Å²) in [5.74, 6) is 1.37. The molecule has 6 heteroatoms. The Bertz CT molecular complexity index is 570. The lowest BCUT2D eigenvalue weighted by molar-refractivity contribution is -0.117. The Labute approximate surface area is 126 Å². The van der Waals surface area contributed by atoms with Gasteiger partial charge in [0, 0.05) is 10.6 Å². The SMILES string of the molecule is Cc1nc(SCCOc2ccccc2)sc1CC(N)=O. The van der Waals surface area contributed by atoms with Crippen LogP contribution in [0.1, 0.15) is 10.6 Å². The minimum Gasteiger partial charge on any atom is -0.493 e. The number of amides is 1. The predicted molar refractivity (Wildman–Crippen MR) is 82.4 cm³/mol. The number of para-hydroxylation sites is 1. The maximum atomic E-state index is 10.9. The van der Waals surface area contributed by atoms with E-state index in [1.54, 1.807) is 11.8 Å². The summed E-state index contributed by atoms with van der Waals surface area (Å²) < 4.78 is 6.57. The molecule has 0 saturated carbocycles. The first-order chi connectivity index (χ1) is 9.65. The zero-order valence-electron chi connectivity index (χ0n) is 11.2. The van der Waals surface area contributed by atoms with Crippen molar-refractivity contribution in [2.24, 2.45) is 5.73 Å². The van der Waals surface area contributed by atoms with Crippen molar-refractivity contribution < 1.29 is 9.53 Å². The predicted octanol–water partition coefficient (Wildman–Crippen LogP) is 2.65. The number of primary amides is 1. The Morgan fingerprint density at radius 2 is 2.15 bits per heavy atom. The maximum absolute atomic E-state index is 10.9. The topological polar surface area (TPSA) is 65.2 Å². The fraction of sp³-hybridized carbons (Fsp3) is 0.286. The van der Waals surface area contributed by atoms with Gasteiger partial charge < -0.3 is 10.5 Å². The van der Waals surface area contributed by atoms with Crippen molar-refractivity contribution in [3.05, 3.63) is 40.9 Å². The quantitative estimate of drug-likeness (QED) is 0.631. The van der Waals surface area contributed by atoms with Crippen LogP contribution in [0.15, 0.2) is 34.7 Å². The summed E-state index contributed by atoms with van der Waals surface area (Å²) in [4.78, 5) is 16.3. The van der Waals surface area contributed by atoms with Crippen molar-refractivity contribution in [2.75, 3.05) is 12.4 Å². The molecule has 2 aromatic rings. The van der Waals surface area contributed by atoms with Gasteiger partial charge in [-0.3, -0.25) is 4.79 Å². The number of hydrogen-bond donors (Lipinski definition) is 1. The number of aryl methyl sites for hydroxylation is 1. The number of carbonyl (C=O) groups is 1. The molecule has 0 fully saturated rings. The number of carbonyl (C=O) groups excluding carboxylic acids is 1. The Kier molecular flexibility index (Phi) is 5.43. The van der Waals surface area contributed by atoms with E-state index in [0.29, 0.717) is 6.61 Å². The summed E-state index contributed by atoms with van der Waals surface area (Å²) in [5, 5.41) is 0. The summed E-state index contributed by atoms with van der Waals surface area (Å²) in [6.45, 7) is 2.53. The zero-order chi connectivity index (χ0) is 14.4. The van der Waals surface area contributed by atoms with Gasteiger partial charge in [0.1, 0.15) is 5.75 Å². The van der Waals surface area contributed by atoms with Gasteiger partial charge in [-0.15, -0.1) is 11.3 Å². The lowest BCUT2D eigenvalue weighted by Gasteiger charge is -2.04. The molecule has 0 aliphatic rings. The monoisotopic (exact) mass is 308 g/mol. The normalized spacial score (nSPS) is 10.4. The van der Waals surface area contributed by atoms with Crippen LogP contribution in [-0.2, 0) is 11.2 Å². The molecule has 0 atom stereocenters. The van der Waals surface area contributed by atoms with Gasteiger partial charge in [0.25, 0.3) is 0 Å². The fourth-order valence-electron chi connectivity index (χ4n) is 1.59. The van der Waals surface area contributed by atoms with Gasteiger partial charge in [-0.2, -0.15) is 0 Å². The maximum Gasteiger partial charge on any atom is 0.222 e. The highest BCUT2D eigenvalue weighted by Crippen LogP contribution is 2.27. The number of thioether (sulfide) groups is 1. The third-order valence-electron chi connectivity index (χ3n) is 2.53. The number of benzene rings is 1. The van der Waals surface area contributed by atoms with E-state index >= 15 is 0 Å². The molecule has 0 aliphatic heterocycles. The van der Waals surface area contributed by atoms with Crippen LogP contribution in [-0.4, -0.2) is 23.3 Å². The van der Waals surface area contributed by atoms with Crippen molar-refractivity contribution in [1.29, 1.82) is 0 Å². The second-order valence-electron chi connectivity index (χ2n) is 4.14. The molecule has 0 bridgehead atoms. The number of thiazole rings is 1. The van der Waals surface area contributed by atoms with Crippen LogP contribution in [0.4, 0.5) is 0 Å². The van der Waals surface area contributed by atoms with Crippen molar-refractivity contribution >= 4 is 29.0 Å². The van der Waals surface area contributed by atoms with Gasteiger partial charge in [-0.1, -0.05) is 30.0 Å². The van der Waals surface area contributed by atoms with E-state index in [4.69, 9.17) is 10.5 Å². The van der Waals surface area contributed by atoms with Crippen LogP contribution in [0.2, 0.25) is 0 Å². The number of rotatable bonds is 7. The van der Waals surface area contributed by atoms with Crippen LogP contribution >= 0.6 is 23.1 Å². The summed E-state index contributed by atoms with van der Waals surface area (Å²) in [7, 11) is 0. The Morgan fingerprint density at radius 3 is 2.85 bits per heavy atom. The summed E-state index contributed by atoms with van der Waals surface area (Å²) >= 11 is 3.16. The van der Waals surface area contributed by atoms with E-state index in [2.05, 4.69) is 4.98 Å². The van der Waals surface area contributed by atoms with Crippen LogP contribution in [0.5, 0.6) is 5.75 Å². The molecule has 1 amide bonds. The highest BCUT2D eigenvalue weighted by Gasteiger charge is 2.10. The lowest BCUT2D eigenvalue weighted by Crippen LogP contribution is -2.13. The highest BCUT2D eigenvalue weighted by atomic mass is 32.2. The first-order valence-electron chi connectivity index (χ1n) is 6.20. The molecule has 1 aromatic heterocycles. The first-order valence-corrected chi connectivity index (χ1v) is 8.00. The van der Waals surface area contributed by atoms with E-state index in [1.165, 1.54) is 11.3 Å². The average Bonchev–Trinajstić information content (AvgIpc) is 2.76. The molecule has 4 nitrogen and oxygen atoms in total. The van der Waals surface area contributed by atoms with E-state index in [-0.39, 0.29) is 12.3 Å². The van der Waals surface area contributed by atoms with E-state index in [9.17, 15) is 4.79 Å². The summed E-state index contributed by atoms with van der Waals surface area (Å²) in [5.41, 5.74) is 6.09. The number of nitrogens with zero attached hydrogens (tertiary/aromatic N) is 1. The molecule has 20 heavy (non-hydrogen) atoms. The zero-order valence-corrected chi connectivity index (χ0v) is 12.8. The molecular weight excluding hydrogens is 292 g/mol. The molecule has 2 N–H and O–H groups in total. The Morgan fingerprint density at radius 1 is 1.40 bits per heavy atom. The average molecular weight is 308 g/mol. The van der Waals surface area contributed by atoms with Gasteiger partial charge in [0.05, 0.1) is 18.7 Å².